The van der Waals surface area contributed by atoms with E-state index in [2.05, 4.69) is 62.4 Å². The third-order valence-corrected chi connectivity index (χ3v) is 14.6. The number of rotatable bonds is 9. The number of phenols is 2. The molecular formula is C59H64O4. The summed E-state index contributed by atoms with van der Waals surface area (Å²) in [6.45, 7) is 6.64. The number of benzene rings is 6. The molecule has 6 aromatic carbocycles. The molecule has 4 heteroatoms. The fraction of sp³-hybridized carbons (Fsp3) is 0.390. The van der Waals surface area contributed by atoms with Crippen molar-refractivity contribution in [2.45, 2.75) is 142 Å². The predicted molar refractivity (Wildman–Crippen MR) is 259 cm³/mol. The molecular weight excluding hydrogens is 773 g/mol. The number of hydrogen-bond donors (Lipinski definition) is 2. The van der Waals surface area contributed by atoms with Crippen LogP contribution in [-0.2, 0) is 51.4 Å². The molecule has 2 N–H and O–H groups in total. The quantitative estimate of drug-likeness (QED) is 0.142. The molecule has 0 saturated carbocycles. The normalized spacial score (nSPS) is 16.4. The number of hydrogen-bond acceptors (Lipinski definition) is 4. The first-order chi connectivity index (χ1) is 30.8. The average molecular weight is 837 g/mol. The van der Waals surface area contributed by atoms with Gasteiger partial charge in [0.15, 0.2) is 0 Å². The molecule has 0 bridgehead atoms. The lowest BCUT2D eigenvalue weighted by atomic mass is 9.79. The third-order valence-electron chi connectivity index (χ3n) is 14.6. The van der Waals surface area contributed by atoms with Gasteiger partial charge in [-0.25, -0.2) is 0 Å². The standard InChI is InChI=1S/C59H64O4/c1-37-30-50(58(60)52(32-37)56-44-22-8-4-6-18-40(44)34-42-20-10-12-24-46(42)56)48-26-14-16-28-54(48)62-36-39(3)63-55-29-17-15-27-49(55)51-31-38(2)33-53(59(51)61)57-45-23-9-5-7-19-41(45)35-43-21-11-13-25-47(43)57/h14-17,26-35,39,60-61H,4-13,18-25,36H2,1-3H3. The molecule has 0 aliphatic heterocycles. The summed E-state index contributed by atoms with van der Waals surface area (Å²) in [4.78, 5) is 0. The van der Waals surface area contributed by atoms with Crippen LogP contribution in [0.3, 0.4) is 0 Å². The van der Waals surface area contributed by atoms with Gasteiger partial charge in [0.25, 0.3) is 0 Å². The summed E-state index contributed by atoms with van der Waals surface area (Å²) in [5.74, 6) is 2.11. The first kappa shape index (κ1) is 41.5. The Hall–Kier alpha value is -5.48. The van der Waals surface area contributed by atoms with Gasteiger partial charge in [0.2, 0.25) is 0 Å². The van der Waals surface area contributed by atoms with Gasteiger partial charge < -0.3 is 19.7 Å². The van der Waals surface area contributed by atoms with Crippen LogP contribution in [0.4, 0.5) is 0 Å². The minimum absolute atomic E-state index is 0.303. The van der Waals surface area contributed by atoms with Crippen LogP contribution in [0.5, 0.6) is 23.0 Å². The van der Waals surface area contributed by atoms with Crippen molar-refractivity contribution in [3.63, 3.8) is 0 Å². The first-order valence-electron chi connectivity index (χ1n) is 24.3. The van der Waals surface area contributed by atoms with Crippen LogP contribution < -0.4 is 9.47 Å². The topological polar surface area (TPSA) is 58.9 Å². The van der Waals surface area contributed by atoms with E-state index in [4.69, 9.17) is 9.47 Å². The van der Waals surface area contributed by atoms with E-state index < -0.39 is 0 Å². The van der Waals surface area contributed by atoms with Gasteiger partial charge in [-0.05, 0) is 227 Å². The van der Waals surface area contributed by atoms with E-state index in [0.29, 0.717) is 29.6 Å². The Kier molecular flexibility index (Phi) is 11.8. The van der Waals surface area contributed by atoms with Crippen LogP contribution in [0.15, 0.2) is 84.9 Å². The Labute approximate surface area is 375 Å². The molecule has 0 amide bonds. The van der Waals surface area contributed by atoms with Crippen molar-refractivity contribution in [1.29, 1.82) is 0 Å². The van der Waals surface area contributed by atoms with Gasteiger partial charge in [-0.1, -0.05) is 61.4 Å². The highest BCUT2D eigenvalue weighted by Gasteiger charge is 2.28. The number of ether oxygens (including phenoxy) is 2. The molecule has 0 fully saturated rings. The van der Waals surface area contributed by atoms with Crippen molar-refractivity contribution >= 4 is 0 Å². The molecule has 0 aromatic heterocycles. The Bertz CT molecular complexity index is 2680. The lowest BCUT2D eigenvalue weighted by Crippen LogP contribution is -2.21. The van der Waals surface area contributed by atoms with Crippen LogP contribution >= 0.6 is 0 Å². The lowest BCUT2D eigenvalue weighted by molar-refractivity contribution is 0.144. The van der Waals surface area contributed by atoms with Crippen molar-refractivity contribution in [2.75, 3.05) is 6.61 Å². The van der Waals surface area contributed by atoms with Gasteiger partial charge in [0, 0.05) is 33.4 Å². The number of aryl methyl sites for hydroxylation is 6. The second-order valence-corrected chi connectivity index (χ2v) is 19.2. The minimum atomic E-state index is -0.310. The first-order valence-corrected chi connectivity index (χ1v) is 24.3. The van der Waals surface area contributed by atoms with E-state index in [1.54, 1.807) is 0 Å². The van der Waals surface area contributed by atoms with Crippen LogP contribution in [0.25, 0.3) is 44.5 Å². The van der Waals surface area contributed by atoms with Gasteiger partial charge >= 0.3 is 0 Å². The summed E-state index contributed by atoms with van der Waals surface area (Å²) >= 11 is 0. The average Bonchev–Trinajstić information content (AvgIpc) is 3.69. The monoisotopic (exact) mass is 836 g/mol. The van der Waals surface area contributed by atoms with Crippen molar-refractivity contribution in [2.24, 2.45) is 0 Å². The number of aromatic hydroxyl groups is 2. The van der Waals surface area contributed by atoms with E-state index in [1.807, 2.05) is 43.3 Å². The van der Waals surface area contributed by atoms with Gasteiger partial charge in [-0.15, -0.1) is 0 Å². The molecule has 4 aliphatic carbocycles. The fourth-order valence-corrected chi connectivity index (χ4v) is 11.7. The Morgan fingerprint density at radius 2 is 0.794 bits per heavy atom. The Morgan fingerprint density at radius 1 is 0.429 bits per heavy atom. The Balaban J connectivity index is 0.950. The zero-order valence-corrected chi connectivity index (χ0v) is 37.8. The second-order valence-electron chi connectivity index (χ2n) is 19.2. The fourth-order valence-electron chi connectivity index (χ4n) is 11.7. The van der Waals surface area contributed by atoms with E-state index in [1.165, 1.54) is 120 Å². The molecule has 63 heavy (non-hydrogen) atoms. The molecule has 4 aliphatic rings. The van der Waals surface area contributed by atoms with Crippen molar-refractivity contribution in [3.8, 4) is 67.5 Å². The summed E-state index contributed by atoms with van der Waals surface area (Å²) in [7, 11) is 0. The lowest BCUT2D eigenvalue weighted by Gasteiger charge is -2.26. The molecule has 0 radical (unpaired) electrons. The van der Waals surface area contributed by atoms with Gasteiger partial charge in [-0.2, -0.15) is 0 Å². The maximum atomic E-state index is 12.4. The summed E-state index contributed by atoms with van der Waals surface area (Å²) in [6, 6.07) is 29.9. The highest BCUT2D eigenvalue weighted by atomic mass is 16.5. The maximum absolute atomic E-state index is 12.4. The van der Waals surface area contributed by atoms with Crippen LogP contribution in [-0.4, -0.2) is 22.9 Å². The molecule has 6 aromatic rings. The predicted octanol–water partition coefficient (Wildman–Crippen LogP) is 14.5. The number of para-hydroxylation sites is 2. The molecule has 0 saturated heterocycles. The van der Waals surface area contributed by atoms with Crippen LogP contribution in [0.2, 0.25) is 0 Å². The smallest absolute Gasteiger partial charge is 0.131 e. The van der Waals surface area contributed by atoms with Crippen molar-refractivity contribution < 1.29 is 19.7 Å². The number of phenolic OH excluding ortho intramolecular Hbond substituents is 2. The third kappa shape index (κ3) is 8.16. The minimum Gasteiger partial charge on any atom is -0.507 e. The summed E-state index contributed by atoms with van der Waals surface area (Å²) in [5.41, 5.74) is 21.9. The van der Waals surface area contributed by atoms with E-state index in [0.717, 1.165) is 95.9 Å². The van der Waals surface area contributed by atoms with Crippen LogP contribution in [0.1, 0.15) is 127 Å². The summed E-state index contributed by atoms with van der Waals surface area (Å²) in [5, 5.41) is 24.8. The molecule has 0 spiro atoms. The second kappa shape index (κ2) is 17.9. The number of fused-ring (bicyclic) bond motifs is 4. The highest BCUT2D eigenvalue weighted by molar-refractivity contribution is 5.90. The molecule has 1 unspecified atom stereocenters. The van der Waals surface area contributed by atoms with Crippen molar-refractivity contribution in [3.05, 3.63) is 141 Å². The zero-order chi connectivity index (χ0) is 43.0. The molecule has 4 nitrogen and oxygen atoms in total. The summed E-state index contributed by atoms with van der Waals surface area (Å²) < 4.78 is 13.4. The van der Waals surface area contributed by atoms with E-state index >= 15 is 0 Å². The molecule has 0 heterocycles. The largest absolute Gasteiger partial charge is 0.507 e. The molecule has 1 atom stereocenters. The van der Waals surface area contributed by atoms with Crippen molar-refractivity contribution in [1.82, 2.24) is 0 Å². The summed E-state index contributed by atoms with van der Waals surface area (Å²) in [6.07, 6.45) is 20.7. The molecule has 324 valence electrons. The van der Waals surface area contributed by atoms with Gasteiger partial charge in [-0.3, -0.25) is 0 Å². The van der Waals surface area contributed by atoms with Gasteiger partial charge in [0.1, 0.15) is 35.7 Å². The van der Waals surface area contributed by atoms with E-state index in [9.17, 15) is 10.2 Å². The van der Waals surface area contributed by atoms with Crippen LogP contribution in [0, 0.1) is 13.8 Å². The van der Waals surface area contributed by atoms with Gasteiger partial charge in [0.05, 0.1) is 0 Å². The van der Waals surface area contributed by atoms with E-state index in [-0.39, 0.29) is 6.10 Å². The molecule has 10 rings (SSSR count). The SMILES string of the molecule is Cc1cc(-c2ccccc2OCC(C)Oc2ccccc2-c2cc(C)cc(-c3c4c(cc5c3CCCC5)CCCCC4)c2O)c(O)c(-c2c3c(cc4c2CCCC4)CCCCC3)c1. The highest BCUT2D eigenvalue weighted by Crippen LogP contribution is 2.49. The maximum Gasteiger partial charge on any atom is 0.131 e. The Morgan fingerprint density at radius 3 is 1.27 bits per heavy atom. The zero-order valence-electron chi connectivity index (χ0n) is 37.8.